The summed E-state index contributed by atoms with van der Waals surface area (Å²) in [6.07, 6.45) is 1.43. The number of Topliss-reactive ketones (excluding diaryl/α,β-unsaturated/α-hetero) is 1. The fourth-order valence-corrected chi connectivity index (χ4v) is 1.27. The van der Waals surface area contributed by atoms with Crippen molar-refractivity contribution in [3.63, 3.8) is 0 Å². The molecule has 0 spiro atoms. The molecule has 0 aromatic heterocycles. The van der Waals surface area contributed by atoms with Gasteiger partial charge in [0.05, 0.1) is 13.2 Å². The molecule has 1 atom stereocenters. The van der Waals surface area contributed by atoms with Gasteiger partial charge in [-0.1, -0.05) is 6.08 Å². The summed E-state index contributed by atoms with van der Waals surface area (Å²) < 4.78 is 9.39. The monoisotopic (exact) mass is 242 g/mol. The second-order valence-electron chi connectivity index (χ2n) is 3.59. The first-order valence-corrected chi connectivity index (χ1v) is 5.43. The van der Waals surface area contributed by atoms with E-state index in [-0.39, 0.29) is 19.6 Å². The predicted molar refractivity (Wildman–Crippen MR) is 61.2 cm³/mol. The van der Waals surface area contributed by atoms with Gasteiger partial charge in [-0.05, 0) is 27.2 Å². The number of ketones is 1. The Morgan fingerprint density at radius 2 is 1.71 bits per heavy atom. The van der Waals surface area contributed by atoms with Crippen LogP contribution in [0.4, 0.5) is 0 Å². The average molecular weight is 242 g/mol. The molecule has 0 aliphatic heterocycles. The van der Waals surface area contributed by atoms with Crippen LogP contribution in [0.1, 0.15) is 27.2 Å². The van der Waals surface area contributed by atoms with Crippen molar-refractivity contribution >= 4 is 17.7 Å². The van der Waals surface area contributed by atoms with Crippen LogP contribution in [-0.2, 0) is 23.9 Å². The molecule has 0 radical (unpaired) electrons. The summed E-state index contributed by atoms with van der Waals surface area (Å²) >= 11 is 0. The lowest BCUT2D eigenvalue weighted by atomic mass is 9.82. The first kappa shape index (κ1) is 15.3. The molecule has 0 heterocycles. The Morgan fingerprint density at radius 1 is 1.18 bits per heavy atom. The standard InChI is InChI=1S/C12H18O5/c1-5-8-12(4,11(15)17-7-3)9(13)10(14)16-6-2/h5H,1,6-8H2,2-4H3. The molecule has 0 rings (SSSR count). The zero-order valence-corrected chi connectivity index (χ0v) is 10.4. The number of hydrogen-bond donors (Lipinski definition) is 0. The molecule has 0 aromatic rings. The molecule has 0 amide bonds. The molecule has 0 bridgehead atoms. The Labute approximate surface area is 101 Å². The van der Waals surface area contributed by atoms with Gasteiger partial charge in [0.2, 0.25) is 0 Å². The molecule has 0 aliphatic carbocycles. The highest BCUT2D eigenvalue weighted by Crippen LogP contribution is 2.26. The smallest absolute Gasteiger partial charge is 0.375 e. The fourth-order valence-electron chi connectivity index (χ4n) is 1.27. The van der Waals surface area contributed by atoms with E-state index in [0.717, 1.165) is 0 Å². The van der Waals surface area contributed by atoms with E-state index in [1.165, 1.54) is 13.0 Å². The fraction of sp³-hybridized carbons (Fsp3) is 0.583. The molecule has 0 saturated heterocycles. The van der Waals surface area contributed by atoms with Crippen LogP contribution >= 0.6 is 0 Å². The Kier molecular flexibility index (Phi) is 6.17. The van der Waals surface area contributed by atoms with Crippen LogP contribution in [0.25, 0.3) is 0 Å². The van der Waals surface area contributed by atoms with E-state index in [1.54, 1.807) is 13.8 Å². The zero-order chi connectivity index (χ0) is 13.5. The van der Waals surface area contributed by atoms with Crippen molar-refractivity contribution in [2.45, 2.75) is 27.2 Å². The van der Waals surface area contributed by atoms with Gasteiger partial charge in [0, 0.05) is 0 Å². The molecule has 0 fully saturated rings. The number of hydrogen-bond acceptors (Lipinski definition) is 5. The van der Waals surface area contributed by atoms with Crippen molar-refractivity contribution in [2.24, 2.45) is 5.41 Å². The first-order chi connectivity index (χ1) is 7.93. The topological polar surface area (TPSA) is 69.7 Å². The molecule has 5 heteroatoms. The third kappa shape index (κ3) is 3.69. The van der Waals surface area contributed by atoms with Crippen molar-refractivity contribution in [2.75, 3.05) is 13.2 Å². The highest BCUT2D eigenvalue weighted by Gasteiger charge is 2.45. The van der Waals surface area contributed by atoms with Crippen LogP contribution < -0.4 is 0 Å². The maximum atomic E-state index is 11.8. The third-order valence-electron chi connectivity index (χ3n) is 2.24. The van der Waals surface area contributed by atoms with Crippen LogP contribution in [0.15, 0.2) is 12.7 Å². The lowest BCUT2D eigenvalue weighted by molar-refractivity contribution is -0.167. The van der Waals surface area contributed by atoms with Gasteiger partial charge in [-0.2, -0.15) is 0 Å². The number of ether oxygens (including phenoxy) is 2. The van der Waals surface area contributed by atoms with Gasteiger partial charge in [0.1, 0.15) is 5.41 Å². The summed E-state index contributed by atoms with van der Waals surface area (Å²) in [5, 5.41) is 0. The van der Waals surface area contributed by atoms with Crippen LogP contribution in [0.3, 0.4) is 0 Å². The largest absolute Gasteiger partial charge is 0.465 e. The first-order valence-electron chi connectivity index (χ1n) is 5.43. The summed E-state index contributed by atoms with van der Waals surface area (Å²) in [6.45, 7) is 8.25. The van der Waals surface area contributed by atoms with Crippen LogP contribution in [0, 0.1) is 5.41 Å². The van der Waals surface area contributed by atoms with Crippen molar-refractivity contribution in [3.05, 3.63) is 12.7 Å². The van der Waals surface area contributed by atoms with Crippen LogP contribution in [0.5, 0.6) is 0 Å². The second kappa shape index (κ2) is 6.83. The van der Waals surface area contributed by atoms with Crippen LogP contribution in [-0.4, -0.2) is 30.9 Å². The Morgan fingerprint density at radius 3 is 2.12 bits per heavy atom. The van der Waals surface area contributed by atoms with E-state index >= 15 is 0 Å². The van der Waals surface area contributed by atoms with Crippen molar-refractivity contribution in [1.29, 1.82) is 0 Å². The lowest BCUT2D eigenvalue weighted by Gasteiger charge is -2.22. The van der Waals surface area contributed by atoms with Gasteiger partial charge >= 0.3 is 11.9 Å². The molecule has 0 N–H and O–H groups in total. The molecule has 96 valence electrons. The van der Waals surface area contributed by atoms with Gasteiger partial charge in [-0.25, -0.2) is 4.79 Å². The normalized spacial score (nSPS) is 13.4. The molecule has 1 unspecified atom stereocenters. The molecule has 17 heavy (non-hydrogen) atoms. The van der Waals surface area contributed by atoms with E-state index in [1.807, 2.05) is 0 Å². The maximum absolute atomic E-state index is 11.8. The highest BCUT2D eigenvalue weighted by atomic mass is 16.5. The maximum Gasteiger partial charge on any atom is 0.375 e. The van der Waals surface area contributed by atoms with Gasteiger partial charge in [-0.3, -0.25) is 9.59 Å². The molecule has 0 saturated carbocycles. The average Bonchev–Trinajstić information content (AvgIpc) is 2.28. The van der Waals surface area contributed by atoms with Crippen LogP contribution in [0.2, 0.25) is 0 Å². The summed E-state index contributed by atoms with van der Waals surface area (Å²) in [6, 6.07) is 0. The Hall–Kier alpha value is -1.65. The van der Waals surface area contributed by atoms with Crippen molar-refractivity contribution in [1.82, 2.24) is 0 Å². The van der Waals surface area contributed by atoms with Crippen molar-refractivity contribution in [3.8, 4) is 0 Å². The minimum Gasteiger partial charge on any atom is -0.465 e. The molecular formula is C12H18O5. The summed E-state index contributed by atoms with van der Waals surface area (Å²) in [4.78, 5) is 34.9. The molecular weight excluding hydrogens is 224 g/mol. The van der Waals surface area contributed by atoms with Gasteiger partial charge in [0.25, 0.3) is 5.78 Å². The number of rotatable bonds is 7. The quantitative estimate of drug-likeness (QED) is 0.291. The molecule has 0 aromatic carbocycles. The van der Waals surface area contributed by atoms with E-state index in [0.29, 0.717) is 0 Å². The van der Waals surface area contributed by atoms with Gasteiger partial charge in [-0.15, -0.1) is 6.58 Å². The van der Waals surface area contributed by atoms with E-state index in [2.05, 4.69) is 11.3 Å². The van der Waals surface area contributed by atoms with Gasteiger partial charge < -0.3 is 9.47 Å². The number of allylic oxidation sites excluding steroid dienone is 1. The molecule has 0 aliphatic rings. The minimum atomic E-state index is -1.55. The summed E-state index contributed by atoms with van der Waals surface area (Å²) in [5.74, 6) is -2.67. The predicted octanol–water partition coefficient (Wildman–Crippen LogP) is 1.26. The zero-order valence-electron chi connectivity index (χ0n) is 10.4. The lowest BCUT2D eigenvalue weighted by Crippen LogP contribution is -2.42. The Bertz CT molecular complexity index is 321. The van der Waals surface area contributed by atoms with Crippen molar-refractivity contribution < 1.29 is 23.9 Å². The third-order valence-corrected chi connectivity index (χ3v) is 2.24. The van der Waals surface area contributed by atoms with E-state index < -0.39 is 23.1 Å². The van der Waals surface area contributed by atoms with E-state index in [4.69, 9.17) is 4.74 Å². The summed E-state index contributed by atoms with van der Waals surface area (Å²) in [7, 11) is 0. The second-order valence-corrected chi connectivity index (χ2v) is 3.59. The number of carbonyl (C=O) groups is 3. The minimum absolute atomic E-state index is 0.0312. The van der Waals surface area contributed by atoms with E-state index in [9.17, 15) is 14.4 Å². The number of carbonyl (C=O) groups excluding carboxylic acids is 3. The van der Waals surface area contributed by atoms with Gasteiger partial charge in [0.15, 0.2) is 0 Å². The molecule has 5 nitrogen and oxygen atoms in total. The SMILES string of the molecule is C=CCC(C)(C(=O)OCC)C(=O)C(=O)OCC. The summed E-state index contributed by atoms with van der Waals surface area (Å²) in [5.41, 5.74) is -1.55. The number of esters is 2. The Balaban J connectivity index is 5.05. The highest BCUT2D eigenvalue weighted by molar-refractivity contribution is 6.39.